The fraction of sp³-hybridized carbons (Fsp3) is 0.0476. The number of carbonyl (C=O) groups excluding carboxylic acids is 2. The minimum absolute atomic E-state index is 0.0298. The number of halogens is 2. The molecule has 0 unspecified atom stereocenters. The van der Waals surface area contributed by atoms with Crippen molar-refractivity contribution in [2.75, 3.05) is 12.1 Å². The van der Waals surface area contributed by atoms with Crippen LogP contribution in [0.3, 0.4) is 0 Å². The molecule has 4 rings (SSSR count). The van der Waals surface area contributed by atoms with Crippen LogP contribution < -0.4 is 19.5 Å². The van der Waals surface area contributed by atoms with E-state index >= 15 is 0 Å². The molecule has 1 N–H and O–H groups in total. The summed E-state index contributed by atoms with van der Waals surface area (Å²) in [5.41, 5.74) is 0.134. The standard InChI is InChI=1S/C21H13F2NO5/c22-15-7-13(12-5-6-18-19(9-12)29-11-28-18)8-16(23)20(15)24-21(26)14-3-1-2-4-17(14)27-10-25/h1-10H,11H2,(H,24,26). The molecule has 1 heterocycles. The van der Waals surface area contributed by atoms with Crippen molar-refractivity contribution in [2.24, 2.45) is 0 Å². The Kier molecular flexibility index (Phi) is 4.82. The summed E-state index contributed by atoms with van der Waals surface area (Å²) in [6.45, 7) is 0.245. The van der Waals surface area contributed by atoms with Gasteiger partial charge in [0.1, 0.15) is 23.1 Å². The predicted molar refractivity (Wildman–Crippen MR) is 99.0 cm³/mol. The number of para-hydroxylation sites is 1. The number of anilines is 1. The molecule has 29 heavy (non-hydrogen) atoms. The summed E-state index contributed by atoms with van der Waals surface area (Å²) in [5.74, 6) is -1.74. The van der Waals surface area contributed by atoms with Crippen molar-refractivity contribution in [1.82, 2.24) is 0 Å². The van der Waals surface area contributed by atoms with Crippen molar-refractivity contribution < 1.29 is 32.6 Å². The van der Waals surface area contributed by atoms with Gasteiger partial charge >= 0.3 is 0 Å². The summed E-state index contributed by atoms with van der Waals surface area (Å²) in [7, 11) is 0. The van der Waals surface area contributed by atoms with Crippen molar-refractivity contribution in [3.63, 3.8) is 0 Å². The monoisotopic (exact) mass is 397 g/mol. The zero-order valence-electron chi connectivity index (χ0n) is 14.8. The highest BCUT2D eigenvalue weighted by atomic mass is 19.1. The second-order valence-corrected chi connectivity index (χ2v) is 6.05. The molecule has 1 aliphatic heterocycles. The third kappa shape index (κ3) is 3.60. The Bertz CT molecular complexity index is 1090. The maximum absolute atomic E-state index is 14.6. The maximum atomic E-state index is 14.6. The fourth-order valence-electron chi connectivity index (χ4n) is 2.93. The molecule has 3 aromatic rings. The van der Waals surface area contributed by atoms with E-state index in [4.69, 9.17) is 14.2 Å². The van der Waals surface area contributed by atoms with E-state index in [1.807, 2.05) is 0 Å². The Morgan fingerprint density at radius 3 is 2.45 bits per heavy atom. The first kappa shape index (κ1) is 18.4. The molecule has 0 saturated heterocycles. The quantitative estimate of drug-likeness (QED) is 0.655. The minimum Gasteiger partial charge on any atom is -0.454 e. The van der Waals surface area contributed by atoms with Crippen LogP contribution in [-0.2, 0) is 4.79 Å². The number of benzene rings is 3. The molecule has 1 aliphatic rings. The van der Waals surface area contributed by atoms with E-state index < -0.39 is 23.2 Å². The molecule has 0 aliphatic carbocycles. The van der Waals surface area contributed by atoms with E-state index in [2.05, 4.69) is 5.32 Å². The van der Waals surface area contributed by atoms with Crippen LogP contribution in [0.4, 0.5) is 14.5 Å². The van der Waals surface area contributed by atoms with Crippen molar-refractivity contribution in [3.05, 3.63) is 71.8 Å². The normalized spacial score (nSPS) is 11.8. The van der Waals surface area contributed by atoms with Crippen LogP contribution in [0.5, 0.6) is 17.2 Å². The molecule has 146 valence electrons. The topological polar surface area (TPSA) is 73.9 Å². The second kappa shape index (κ2) is 7.59. The first-order chi connectivity index (χ1) is 14.1. The molecule has 8 heteroatoms. The number of hydrogen-bond donors (Lipinski definition) is 1. The van der Waals surface area contributed by atoms with E-state index in [9.17, 15) is 18.4 Å². The summed E-state index contributed by atoms with van der Waals surface area (Å²) in [6, 6.07) is 12.9. The zero-order valence-corrected chi connectivity index (χ0v) is 14.8. The number of nitrogens with one attached hydrogen (secondary N) is 1. The summed E-state index contributed by atoms with van der Waals surface area (Å²) >= 11 is 0. The van der Waals surface area contributed by atoms with Crippen molar-refractivity contribution in [1.29, 1.82) is 0 Å². The van der Waals surface area contributed by atoms with Crippen LogP contribution >= 0.6 is 0 Å². The predicted octanol–water partition coefficient (Wildman–Crippen LogP) is 4.15. The summed E-state index contributed by atoms with van der Waals surface area (Å²) < 4.78 is 44.4. The average molecular weight is 397 g/mol. The number of ether oxygens (including phenoxy) is 3. The highest BCUT2D eigenvalue weighted by molar-refractivity contribution is 6.06. The number of amides is 1. The first-order valence-corrected chi connectivity index (χ1v) is 8.46. The van der Waals surface area contributed by atoms with Crippen molar-refractivity contribution in [2.45, 2.75) is 0 Å². The van der Waals surface area contributed by atoms with Gasteiger partial charge in [0, 0.05) is 0 Å². The van der Waals surface area contributed by atoms with E-state index in [-0.39, 0.29) is 30.1 Å². The van der Waals surface area contributed by atoms with Crippen LogP contribution in [-0.4, -0.2) is 19.2 Å². The third-order valence-electron chi connectivity index (χ3n) is 4.29. The molecule has 0 fully saturated rings. The van der Waals surface area contributed by atoms with Gasteiger partial charge in [0.05, 0.1) is 5.56 Å². The number of fused-ring (bicyclic) bond motifs is 1. The van der Waals surface area contributed by atoms with Crippen molar-refractivity contribution in [3.8, 4) is 28.4 Å². The maximum Gasteiger partial charge on any atom is 0.298 e. The fourth-order valence-corrected chi connectivity index (χ4v) is 2.93. The molecule has 0 aromatic heterocycles. The van der Waals surface area contributed by atoms with Gasteiger partial charge in [0.2, 0.25) is 6.79 Å². The molecular formula is C21H13F2NO5. The van der Waals surface area contributed by atoms with Gasteiger partial charge in [-0.05, 0) is 47.5 Å². The van der Waals surface area contributed by atoms with Crippen molar-refractivity contribution >= 4 is 18.1 Å². The zero-order chi connectivity index (χ0) is 20.4. The average Bonchev–Trinajstić information content (AvgIpc) is 3.19. The van der Waals surface area contributed by atoms with Gasteiger partial charge in [-0.25, -0.2) is 8.78 Å². The summed E-state index contributed by atoms with van der Waals surface area (Å²) in [5, 5.41) is 2.18. The van der Waals surface area contributed by atoms with Crippen LogP contribution in [0, 0.1) is 11.6 Å². The van der Waals surface area contributed by atoms with Gasteiger partial charge in [-0.15, -0.1) is 0 Å². The largest absolute Gasteiger partial charge is 0.454 e. The lowest BCUT2D eigenvalue weighted by Crippen LogP contribution is -2.15. The van der Waals surface area contributed by atoms with E-state index in [1.165, 1.54) is 18.2 Å². The molecule has 0 saturated carbocycles. The van der Waals surface area contributed by atoms with Crippen LogP contribution in [0.25, 0.3) is 11.1 Å². The molecule has 1 amide bonds. The SMILES string of the molecule is O=COc1ccccc1C(=O)Nc1c(F)cc(-c2ccc3c(c2)OCO3)cc1F. The molecule has 3 aromatic carbocycles. The summed E-state index contributed by atoms with van der Waals surface area (Å²) in [6.07, 6.45) is 0. The highest BCUT2D eigenvalue weighted by Gasteiger charge is 2.20. The van der Waals surface area contributed by atoms with E-state index in [0.717, 1.165) is 12.1 Å². The molecular weight excluding hydrogens is 384 g/mol. The van der Waals surface area contributed by atoms with Crippen LogP contribution in [0.2, 0.25) is 0 Å². The summed E-state index contributed by atoms with van der Waals surface area (Å²) in [4.78, 5) is 23.0. The number of rotatable bonds is 5. The number of carbonyl (C=O) groups is 2. The Balaban J connectivity index is 1.63. The Morgan fingerprint density at radius 2 is 1.69 bits per heavy atom. The molecule has 6 nitrogen and oxygen atoms in total. The van der Waals surface area contributed by atoms with Gasteiger partial charge in [0.15, 0.2) is 11.5 Å². The number of hydrogen-bond acceptors (Lipinski definition) is 5. The lowest BCUT2D eigenvalue weighted by Gasteiger charge is -2.12. The highest BCUT2D eigenvalue weighted by Crippen LogP contribution is 2.37. The lowest BCUT2D eigenvalue weighted by atomic mass is 10.0. The van der Waals surface area contributed by atoms with Crippen LogP contribution in [0.15, 0.2) is 54.6 Å². The van der Waals surface area contributed by atoms with Gasteiger partial charge in [-0.1, -0.05) is 18.2 Å². The van der Waals surface area contributed by atoms with Gasteiger partial charge in [0.25, 0.3) is 12.4 Å². The van der Waals surface area contributed by atoms with Crippen LogP contribution in [0.1, 0.15) is 10.4 Å². The molecule has 0 atom stereocenters. The minimum atomic E-state index is -0.959. The van der Waals surface area contributed by atoms with E-state index in [0.29, 0.717) is 17.1 Å². The molecule has 0 bridgehead atoms. The second-order valence-electron chi connectivity index (χ2n) is 6.05. The molecule has 0 radical (unpaired) electrons. The first-order valence-electron chi connectivity index (χ1n) is 8.46. The smallest absolute Gasteiger partial charge is 0.298 e. The van der Waals surface area contributed by atoms with Gasteiger partial charge in [-0.2, -0.15) is 0 Å². The van der Waals surface area contributed by atoms with E-state index in [1.54, 1.807) is 24.3 Å². The Labute approximate surface area is 163 Å². The Hall–Kier alpha value is -3.94. The third-order valence-corrected chi connectivity index (χ3v) is 4.29. The van der Waals surface area contributed by atoms with Gasteiger partial charge < -0.3 is 19.5 Å². The lowest BCUT2D eigenvalue weighted by molar-refractivity contribution is -0.120. The Morgan fingerprint density at radius 1 is 0.966 bits per heavy atom. The van der Waals surface area contributed by atoms with Gasteiger partial charge in [-0.3, -0.25) is 9.59 Å². The molecule has 0 spiro atoms.